The first-order valence-electron chi connectivity index (χ1n) is 11.3. The van der Waals surface area contributed by atoms with Crippen molar-refractivity contribution in [2.75, 3.05) is 20.7 Å². The van der Waals surface area contributed by atoms with Gasteiger partial charge in [0.15, 0.2) is 6.29 Å². The topological polar surface area (TPSA) is 153 Å². The van der Waals surface area contributed by atoms with Gasteiger partial charge in [0.25, 0.3) is 5.91 Å². The predicted octanol–water partition coefficient (Wildman–Crippen LogP) is 2.66. The number of amides is 2. The van der Waals surface area contributed by atoms with E-state index in [0.717, 1.165) is 17.0 Å². The van der Waals surface area contributed by atoms with Crippen LogP contribution < -0.4 is 20.6 Å². The molecule has 3 N–H and O–H groups in total. The molecule has 0 aliphatic heterocycles. The van der Waals surface area contributed by atoms with Crippen LogP contribution >= 0.6 is 0 Å². The van der Waals surface area contributed by atoms with E-state index in [2.05, 4.69) is 20.1 Å². The maximum Gasteiger partial charge on any atom is 0.573 e. The van der Waals surface area contributed by atoms with Gasteiger partial charge in [0.2, 0.25) is 5.91 Å². The fraction of sp³-hybridized carbons (Fsp3) is 0.280. The molecule has 1 atom stereocenters. The van der Waals surface area contributed by atoms with Gasteiger partial charge in [-0.3, -0.25) is 19.4 Å². The molecule has 0 bridgehead atoms. The lowest BCUT2D eigenvalue weighted by Crippen LogP contribution is -2.39. The number of carbonyl (C=O) groups excluding carboxylic acids is 4. The minimum atomic E-state index is -4.82. The van der Waals surface area contributed by atoms with Crippen molar-refractivity contribution in [2.45, 2.75) is 25.2 Å². The van der Waals surface area contributed by atoms with Crippen LogP contribution in [-0.2, 0) is 9.59 Å². The van der Waals surface area contributed by atoms with Gasteiger partial charge >= 0.3 is 6.36 Å². The molecule has 0 saturated carbocycles. The highest BCUT2D eigenvalue weighted by molar-refractivity contribution is 6.31. The number of alkyl halides is 3. The molecule has 0 spiro atoms. The molecular formula is C25H26F3N5O6. The number of aldehydes is 2. The van der Waals surface area contributed by atoms with Crippen LogP contribution in [0.25, 0.3) is 0 Å². The van der Waals surface area contributed by atoms with E-state index < -0.39 is 24.1 Å². The second-order valence-corrected chi connectivity index (χ2v) is 7.88. The van der Waals surface area contributed by atoms with Gasteiger partial charge in [-0.1, -0.05) is 6.07 Å². The molecule has 11 nitrogen and oxygen atoms in total. The van der Waals surface area contributed by atoms with Gasteiger partial charge in [-0.2, -0.15) is 5.10 Å². The Morgan fingerprint density at radius 2 is 1.85 bits per heavy atom. The quantitative estimate of drug-likeness (QED) is 0.169. The molecular weight excluding hydrogens is 523 g/mol. The third kappa shape index (κ3) is 9.25. The van der Waals surface area contributed by atoms with Crippen molar-refractivity contribution in [2.24, 2.45) is 15.9 Å². The van der Waals surface area contributed by atoms with E-state index in [0.29, 0.717) is 12.6 Å². The molecule has 2 aromatic carbocycles. The molecule has 0 heterocycles. The second kappa shape index (κ2) is 14.3. The van der Waals surface area contributed by atoms with Crippen LogP contribution in [-0.4, -0.2) is 74.3 Å². The van der Waals surface area contributed by atoms with Crippen LogP contribution in [0.2, 0.25) is 0 Å². The zero-order chi connectivity index (χ0) is 29.0. The molecule has 2 aromatic rings. The number of hydrazone groups is 1. The number of aliphatic imine (C=N–C) groups is 1. The summed E-state index contributed by atoms with van der Waals surface area (Å²) in [6, 6.07) is 8.13. The van der Waals surface area contributed by atoms with Crippen molar-refractivity contribution in [1.82, 2.24) is 10.2 Å². The van der Waals surface area contributed by atoms with E-state index in [9.17, 15) is 32.3 Å². The Hall–Kier alpha value is -4.75. The van der Waals surface area contributed by atoms with E-state index in [1.54, 1.807) is 0 Å². The highest BCUT2D eigenvalue weighted by atomic mass is 19.4. The van der Waals surface area contributed by atoms with Crippen LogP contribution in [0.5, 0.6) is 11.5 Å². The van der Waals surface area contributed by atoms with Gasteiger partial charge in [-0.05, 0) is 42.8 Å². The van der Waals surface area contributed by atoms with E-state index in [1.165, 1.54) is 50.6 Å². The lowest BCUT2D eigenvalue weighted by molar-refractivity contribution is -0.274. The molecule has 2 amide bonds. The van der Waals surface area contributed by atoms with E-state index in [4.69, 9.17) is 10.6 Å². The Balaban J connectivity index is 2.12. The maximum absolute atomic E-state index is 13.1. The summed E-state index contributed by atoms with van der Waals surface area (Å²) in [5.41, 5.74) is 0.263. The second-order valence-electron chi connectivity index (χ2n) is 7.88. The number of rotatable bonds is 13. The summed E-state index contributed by atoms with van der Waals surface area (Å²) in [6.45, 7) is -0.271. The van der Waals surface area contributed by atoms with E-state index in [-0.39, 0.29) is 53.6 Å². The first-order valence-corrected chi connectivity index (χ1v) is 11.3. The molecule has 0 fully saturated rings. The predicted molar refractivity (Wildman–Crippen MR) is 135 cm³/mol. The van der Waals surface area contributed by atoms with Crippen molar-refractivity contribution < 1.29 is 41.8 Å². The number of nitrogens with zero attached hydrogens (tertiary/aromatic N) is 3. The van der Waals surface area contributed by atoms with Gasteiger partial charge in [-0.15, -0.1) is 13.2 Å². The highest BCUT2D eigenvalue weighted by Gasteiger charge is 2.31. The van der Waals surface area contributed by atoms with Crippen LogP contribution in [0, 0.1) is 0 Å². The molecule has 0 saturated heterocycles. The van der Waals surface area contributed by atoms with Crippen molar-refractivity contribution in [3.05, 3.63) is 53.6 Å². The monoisotopic (exact) mass is 549 g/mol. The van der Waals surface area contributed by atoms with Crippen LogP contribution in [0.3, 0.4) is 0 Å². The number of benzene rings is 2. The Morgan fingerprint density at radius 1 is 1.15 bits per heavy atom. The fourth-order valence-corrected chi connectivity index (χ4v) is 3.22. The normalized spacial score (nSPS) is 12.5. The van der Waals surface area contributed by atoms with Crippen molar-refractivity contribution in [3.63, 3.8) is 0 Å². The lowest BCUT2D eigenvalue weighted by Gasteiger charge is -2.24. The number of hydrogen-bond donors (Lipinski definition) is 2. The highest BCUT2D eigenvalue weighted by Crippen LogP contribution is 2.25. The third-order valence-electron chi connectivity index (χ3n) is 5.31. The number of carbonyl (C=O) groups is 4. The third-order valence-corrected chi connectivity index (χ3v) is 5.31. The average molecular weight is 550 g/mol. The molecule has 2 rings (SSSR count). The fourth-order valence-electron chi connectivity index (χ4n) is 3.22. The summed E-state index contributed by atoms with van der Waals surface area (Å²) < 4.78 is 46.3. The average Bonchev–Trinajstić information content (AvgIpc) is 2.92. The van der Waals surface area contributed by atoms with Gasteiger partial charge in [-0.25, -0.2) is 0 Å². The Bertz CT molecular complexity index is 1230. The van der Waals surface area contributed by atoms with Crippen LogP contribution in [0.1, 0.15) is 33.6 Å². The van der Waals surface area contributed by atoms with Gasteiger partial charge < -0.3 is 30.3 Å². The minimum Gasteiger partial charge on any atom is -0.486 e. The maximum atomic E-state index is 13.1. The molecule has 0 aromatic heterocycles. The number of ether oxygens (including phenoxy) is 2. The zero-order valence-electron chi connectivity index (χ0n) is 21.0. The molecule has 39 heavy (non-hydrogen) atoms. The Morgan fingerprint density at radius 3 is 2.41 bits per heavy atom. The summed E-state index contributed by atoms with van der Waals surface area (Å²) in [7, 11) is 2.83. The smallest absolute Gasteiger partial charge is 0.486 e. The van der Waals surface area contributed by atoms with E-state index in [1.807, 2.05) is 0 Å². The summed E-state index contributed by atoms with van der Waals surface area (Å²) in [5, 5.41) is 5.97. The molecule has 0 aliphatic carbocycles. The van der Waals surface area contributed by atoms with Crippen molar-refractivity contribution >= 4 is 42.0 Å². The van der Waals surface area contributed by atoms with Gasteiger partial charge in [0, 0.05) is 20.5 Å². The zero-order valence-corrected chi connectivity index (χ0v) is 21.0. The Labute approximate surface area is 221 Å². The van der Waals surface area contributed by atoms with Crippen molar-refractivity contribution in [1.29, 1.82) is 0 Å². The standard InChI is InChI=1S/C25H26F3N5O6/c1-30-23(36)11-8-18(13-34)33(2)24(37)20-4-3-5-22(21(20)14-35)38-15-17(32-29)12-31-16-6-9-19(10-7-16)39-25(26,27)28/h3-7,9-10,12-14,18H,8,11,15,29H2,1-2H3,(H,30,36). The van der Waals surface area contributed by atoms with Gasteiger partial charge in [0.1, 0.15) is 30.1 Å². The summed E-state index contributed by atoms with van der Waals surface area (Å²) in [5.74, 6) is 4.06. The van der Waals surface area contributed by atoms with Crippen LogP contribution in [0.4, 0.5) is 18.9 Å². The number of nitrogens with one attached hydrogen (secondary N) is 1. The molecule has 14 heteroatoms. The number of likely N-dealkylation sites (N-methyl/N-ethyl adjacent to an activating group) is 1. The molecule has 1 unspecified atom stereocenters. The number of halogens is 3. The molecule has 0 aliphatic rings. The first-order chi connectivity index (χ1) is 18.5. The van der Waals surface area contributed by atoms with Crippen LogP contribution in [0.15, 0.2) is 52.6 Å². The van der Waals surface area contributed by atoms with Crippen molar-refractivity contribution in [3.8, 4) is 11.5 Å². The van der Waals surface area contributed by atoms with E-state index >= 15 is 0 Å². The molecule has 208 valence electrons. The summed E-state index contributed by atoms with van der Waals surface area (Å²) in [6.07, 6.45) is -2.52. The summed E-state index contributed by atoms with van der Waals surface area (Å²) >= 11 is 0. The summed E-state index contributed by atoms with van der Waals surface area (Å²) in [4.78, 5) is 53.2. The lowest BCUT2D eigenvalue weighted by atomic mass is 10.0. The SMILES string of the molecule is CNC(=O)CCC(C=O)N(C)C(=O)c1cccc(OCC(C=Nc2ccc(OC(F)(F)F)cc2)=NN)c1C=O. The first kappa shape index (κ1) is 30.5. The largest absolute Gasteiger partial charge is 0.573 e. The number of nitrogens with two attached hydrogens (primary N) is 1. The van der Waals surface area contributed by atoms with Gasteiger partial charge in [0.05, 0.1) is 29.1 Å². The minimum absolute atomic E-state index is 0.0233. The number of hydrogen-bond acceptors (Lipinski definition) is 9. The Kier molecular flexibility index (Phi) is 11.1. The molecule has 0 radical (unpaired) electrons.